The summed E-state index contributed by atoms with van der Waals surface area (Å²) >= 11 is 0. The zero-order valence-corrected chi connectivity index (χ0v) is 9.47. The molecule has 1 rings (SSSR count). The molecule has 98 valence electrons. The van der Waals surface area contributed by atoms with Crippen molar-refractivity contribution in [2.45, 2.75) is 17.7 Å². The first-order valence-electron chi connectivity index (χ1n) is 4.33. The summed E-state index contributed by atoms with van der Waals surface area (Å²) in [5.74, 6) is 0. The minimum atomic E-state index is -4.97. The van der Waals surface area contributed by atoms with E-state index < -0.39 is 26.8 Å². The molecule has 0 amide bonds. The number of ether oxygens (including phenoxy) is 1. The number of methoxy groups -OCH3 is 1. The van der Waals surface area contributed by atoms with Crippen LogP contribution in [0.1, 0.15) is 11.1 Å². The third kappa shape index (κ3) is 4.22. The standard InChI is InChI=1S/C9H9F3O4S.Na.H/c1-16-5-6-3-2-4-7(9(10,11)12)8(6)17(13,14)15;;/h2-4H,5H2,1H3,(H,13,14,15);;. The van der Waals surface area contributed by atoms with Crippen molar-refractivity contribution in [3.63, 3.8) is 0 Å². The van der Waals surface area contributed by atoms with Crippen LogP contribution in [-0.4, -0.2) is 49.6 Å². The van der Waals surface area contributed by atoms with E-state index in [2.05, 4.69) is 4.74 Å². The maximum absolute atomic E-state index is 12.6. The van der Waals surface area contributed by atoms with Gasteiger partial charge in [0.05, 0.1) is 12.2 Å². The molecule has 0 saturated heterocycles. The summed E-state index contributed by atoms with van der Waals surface area (Å²) in [6.07, 6.45) is -4.87. The van der Waals surface area contributed by atoms with Crippen molar-refractivity contribution in [2.75, 3.05) is 7.11 Å². The van der Waals surface area contributed by atoms with Gasteiger partial charge < -0.3 is 4.74 Å². The molecular formula is C9H10F3NaO4S. The Morgan fingerprint density at radius 1 is 1.33 bits per heavy atom. The van der Waals surface area contributed by atoms with E-state index in [4.69, 9.17) is 4.55 Å². The van der Waals surface area contributed by atoms with Gasteiger partial charge in [-0.15, -0.1) is 0 Å². The SMILES string of the molecule is COCc1cccc(C(F)(F)F)c1S(=O)(=O)O.[NaH]. The van der Waals surface area contributed by atoms with Gasteiger partial charge in [-0.25, -0.2) is 0 Å². The van der Waals surface area contributed by atoms with E-state index >= 15 is 0 Å². The van der Waals surface area contributed by atoms with Gasteiger partial charge in [-0.2, -0.15) is 21.6 Å². The van der Waals surface area contributed by atoms with Crippen LogP contribution in [0.5, 0.6) is 0 Å². The van der Waals surface area contributed by atoms with Crippen LogP contribution < -0.4 is 0 Å². The molecule has 1 N–H and O–H groups in total. The Hall–Kier alpha value is -0.120. The number of hydrogen-bond acceptors (Lipinski definition) is 3. The zero-order valence-electron chi connectivity index (χ0n) is 8.65. The van der Waals surface area contributed by atoms with Crippen molar-refractivity contribution < 1.29 is 30.9 Å². The van der Waals surface area contributed by atoms with E-state index in [0.717, 1.165) is 12.1 Å². The fourth-order valence-corrected chi connectivity index (χ4v) is 2.30. The molecule has 9 heteroatoms. The first-order valence-corrected chi connectivity index (χ1v) is 5.77. The van der Waals surface area contributed by atoms with E-state index in [9.17, 15) is 21.6 Å². The molecule has 0 aromatic heterocycles. The quantitative estimate of drug-likeness (QED) is 0.677. The second-order valence-corrected chi connectivity index (χ2v) is 4.56. The van der Waals surface area contributed by atoms with E-state index in [1.165, 1.54) is 7.11 Å². The van der Waals surface area contributed by atoms with E-state index in [1.807, 2.05) is 0 Å². The molecule has 1 aromatic carbocycles. The second-order valence-electron chi connectivity index (χ2n) is 3.20. The van der Waals surface area contributed by atoms with Crippen LogP contribution in [0, 0.1) is 0 Å². The van der Waals surface area contributed by atoms with Crippen molar-refractivity contribution in [1.82, 2.24) is 0 Å². The van der Waals surface area contributed by atoms with Crippen LogP contribution in [0.15, 0.2) is 23.1 Å². The summed E-state index contributed by atoms with van der Waals surface area (Å²) in [6, 6.07) is 2.77. The van der Waals surface area contributed by atoms with Gasteiger partial charge in [-0.1, -0.05) is 12.1 Å². The molecule has 0 bridgehead atoms. The van der Waals surface area contributed by atoms with Crippen LogP contribution in [0.2, 0.25) is 0 Å². The Morgan fingerprint density at radius 3 is 2.28 bits per heavy atom. The van der Waals surface area contributed by atoms with Crippen molar-refractivity contribution in [1.29, 1.82) is 0 Å². The molecule has 0 fully saturated rings. The average Bonchev–Trinajstić information content (AvgIpc) is 2.14. The Kier molecular flexibility index (Phi) is 6.31. The molecular weight excluding hydrogens is 284 g/mol. The fourth-order valence-electron chi connectivity index (χ4n) is 1.38. The summed E-state index contributed by atoms with van der Waals surface area (Å²) in [6.45, 7) is -0.348. The monoisotopic (exact) mass is 294 g/mol. The number of alkyl halides is 3. The number of hydrogen-bond donors (Lipinski definition) is 1. The molecule has 18 heavy (non-hydrogen) atoms. The predicted octanol–water partition coefficient (Wildman–Crippen LogP) is 1.45. The van der Waals surface area contributed by atoms with Crippen molar-refractivity contribution >= 4 is 39.7 Å². The molecule has 0 radical (unpaired) electrons. The van der Waals surface area contributed by atoms with Gasteiger partial charge in [0.25, 0.3) is 10.1 Å². The molecule has 0 heterocycles. The number of benzene rings is 1. The molecule has 1 aromatic rings. The van der Waals surface area contributed by atoms with E-state index in [1.54, 1.807) is 0 Å². The molecule has 0 atom stereocenters. The Morgan fingerprint density at radius 2 is 1.89 bits per heavy atom. The van der Waals surface area contributed by atoms with Crippen LogP contribution in [0.25, 0.3) is 0 Å². The third-order valence-corrected chi connectivity index (χ3v) is 2.96. The summed E-state index contributed by atoms with van der Waals surface area (Å²) in [4.78, 5) is -1.16. The molecule has 4 nitrogen and oxygen atoms in total. The first-order chi connectivity index (χ1) is 7.68. The molecule has 0 aliphatic heterocycles. The number of rotatable bonds is 3. The van der Waals surface area contributed by atoms with E-state index in [-0.39, 0.29) is 41.7 Å². The van der Waals surface area contributed by atoms with Crippen molar-refractivity contribution in [3.05, 3.63) is 29.3 Å². The first kappa shape index (κ1) is 17.9. The van der Waals surface area contributed by atoms with Gasteiger partial charge in [-0.05, 0) is 11.6 Å². The summed E-state index contributed by atoms with van der Waals surface area (Å²) in [5, 5.41) is 0. The molecule has 0 unspecified atom stereocenters. The van der Waals surface area contributed by atoms with Gasteiger partial charge in [0.2, 0.25) is 0 Å². The average molecular weight is 294 g/mol. The second kappa shape index (κ2) is 6.36. The number of halogens is 3. The zero-order chi connectivity index (χ0) is 13.3. The van der Waals surface area contributed by atoms with Gasteiger partial charge in [0.1, 0.15) is 4.90 Å². The summed E-state index contributed by atoms with van der Waals surface area (Å²) in [7, 11) is -3.77. The Labute approximate surface area is 124 Å². The van der Waals surface area contributed by atoms with E-state index in [0.29, 0.717) is 6.07 Å². The predicted molar refractivity (Wildman–Crippen MR) is 59.1 cm³/mol. The summed E-state index contributed by atoms with van der Waals surface area (Å²) in [5.41, 5.74) is -1.65. The molecule has 0 aliphatic rings. The Bertz CT molecular complexity index is 513. The van der Waals surface area contributed by atoms with Gasteiger partial charge >= 0.3 is 35.7 Å². The van der Waals surface area contributed by atoms with Gasteiger partial charge in [0, 0.05) is 7.11 Å². The van der Waals surface area contributed by atoms with Gasteiger partial charge in [0.15, 0.2) is 0 Å². The van der Waals surface area contributed by atoms with Crippen LogP contribution in [0.3, 0.4) is 0 Å². The Balaban J connectivity index is 0.00000289. The molecule has 0 aliphatic carbocycles. The fraction of sp³-hybridized carbons (Fsp3) is 0.333. The van der Waals surface area contributed by atoms with Crippen LogP contribution in [0.4, 0.5) is 13.2 Å². The molecule has 0 spiro atoms. The normalized spacial score (nSPS) is 12.1. The topological polar surface area (TPSA) is 63.6 Å². The van der Waals surface area contributed by atoms with Crippen LogP contribution >= 0.6 is 0 Å². The molecule has 0 saturated carbocycles. The van der Waals surface area contributed by atoms with Crippen LogP contribution in [-0.2, 0) is 27.6 Å². The van der Waals surface area contributed by atoms with Crippen molar-refractivity contribution in [2.24, 2.45) is 0 Å². The summed E-state index contributed by atoms with van der Waals surface area (Å²) < 4.78 is 73.2. The third-order valence-electron chi connectivity index (χ3n) is 1.96. The minimum absolute atomic E-state index is 0. The maximum atomic E-state index is 12.6. The van der Waals surface area contributed by atoms with Crippen molar-refractivity contribution in [3.8, 4) is 0 Å². The van der Waals surface area contributed by atoms with Gasteiger partial charge in [-0.3, -0.25) is 4.55 Å².